The number of amides is 2. The van der Waals surface area contributed by atoms with Crippen LogP contribution in [-0.2, 0) is 32.7 Å². The van der Waals surface area contributed by atoms with Gasteiger partial charge < -0.3 is 9.73 Å². The standard InChI is InChI=1S/C28H25ClN4O5S/c1-20-7-15-26(16-8-20)39(36,37)33(18-21-9-11-22(29)12-10-21)19-25-14-13-24(38-25)17-30-32-28(35)27(34)31-23-5-3-2-4-6-23/h2-17H,18-19H2,1H3,(H,31,34)(H,32,35)/b30-17+. The molecule has 200 valence electrons. The fraction of sp³-hybridized carbons (Fsp3) is 0.107. The number of halogens is 1. The van der Waals surface area contributed by atoms with Gasteiger partial charge in [-0.2, -0.15) is 9.41 Å². The van der Waals surface area contributed by atoms with Crippen LogP contribution in [0.2, 0.25) is 5.02 Å². The maximum atomic E-state index is 13.5. The van der Waals surface area contributed by atoms with E-state index < -0.39 is 21.8 Å². The maximum absolute atomic E-state index is 13.5. The summed E-state index contributed by atoms with van der Waals surface area (Å²) in [6.45, 7) is 1.91. The van der Waals surface area contributed by atoms with Gasteiger partial charge in [0.05, 0.1) is 17.7 Å². The Balaban J connectivity index is 1.45. The van der Waals surface area contributed by atoms with E-state index in [9.17, 15) is 18.0 Å². The van der Waals surface area contributed by atoms with Crippen LogP contribution >= 0.6 is 11.6 Å². The van der Waals surface area contributed by atoms with Crippen LogP contribution in [0.4, 0.5) is 5.69 Å². The molecule has 0 aliphatic heterocycles. The fourth-order valence-corrected chi connectivity index (χ4v) is 5.04. The summed E-state index contributed by atoms with van der Waals surface area (Å²) in [5.41, 5.74) is 4.30. The highest BCUT2D eigenvalue weighted by molar-refractivity contribution is 7.89. The molecule has 9 nitrogen and oxygen atoms in total. The maximum Gasteiger partial charge on any atom is 0.329 e. The lowest BCUT2D eigenvalue weighted by Crippen LogP contribution is -2.32. The van der Waals surface area contributed by atoms with Crippen LogP contribution in [0, 0.1) is 6.92 Å². The summed E-state index contributed by atoms with van der Waals surface area (Å²) in [6.07, 6.45) is 1.22. The first-order chi connectivity index (χ1) is 18.7. The van der Waals surface area contributed by atoms with Crippen LogP contribution in [0.1, 0.15) is 22.6 Å². The molecule has 0 radical (unpaired) electrons. The number of hydrazone groups is 1. The SMILES string of the molecule is Cc1ccc(S(=O)(=O)N(Cc2ccc(Cl)cc2)Cc2ccc(/C=N/NC(=O)C(=O)Nc3ccccc3)o2)cc1. The average molecular weight is 565 g/mol. The number of hydrogen-bond donors (Lipinski definition) is 2. The van der Waals surface area contributed by atoms with Gasteiger partial charge in [0.25, 0.3) is 0 Å². The molecule has 1 aromatic heterocycles. The van der Waals surface area contributed by atoms with Gasteiger partial charge in [-0.05, 0) is 61.0 Å². The molecule has 39 heavy (non-hydrogen) atoms. The Hall–Kier alpha value is -4.25. The molecule has 0 saturated carbocycles. The number of nitrogens with zero attached hydrogens (tertiary/aromatic N) is 2. The number of carbonyl (C=O) groups excluding carboxylic acids is 2. The van der Waals surface area contributed by atoms with Crippen molar-refractivity contribution < 1.29 is 22.4 Å². The van der Waals surface area contributed by atoms with Crippen molar-refractivity contribution in [2.45, 2.75) is 24.9 Å². The van der Waals surface area contributed by atoms with Gasteiger partial charge in [-0.1, -0.05) is 59.6 Å². The lowest BCUT2D eigenvalue weighted by Gasteiger charge is -2.21. The van der Waals surface area contributed by atoms with Crippen molar-refractivity contribution >= 4 is 45.3 Å². The molecule has 2 N–H and O–H groups in total. The zero-order valence-corrected chi connectivity index (χ0v) is 22.4. The quantitative estimate of drug-likeness (QED) is 0.173. The minimum absolute atomic E-state index is 0.0570. The van der Waals surface area contributed by atoms with Gasteiger partial charge in [0.2, 0.25) is 10.0 Å². The normalized spacial score (nSPS) is 11.6. The van der Waals surface area contributed by atoms with Gasteiger partial charge in [0, 0.05) is 17.3 Å². The van der Waals surface area contributed by atoms with E-state index in [2.05, 4.69) is 15.8 Å². The number of furan rings is 1. The van der Waals surface area contributed by atoms with Crippen molar-refractivity contribution in [1.82, 2.24) is 9.73 Å². The Labute approximate surface area is 231 Å². The number of anilines is 1. The Bertz CT molecular complexity index is 1570. The minimum atomic E-state index is -3.87. The molecular weight excluding hydrogens is 540 g/mol. The van der Waals surface area contributed by atoms with Crippen LogP contribution in [0.15, 0.2) is 105 Å². The van der Waals surface area contributed by atoms with E-state index in [-0.39, 0.29) is 23.7 Å². The third-order valence-electron chi connectivity index (χ3n) is 5.54. The lowest BCUT2D eigenvalue weighted by molar-refractivity contribution is -0.136. The van der Waals surface area contributed by atoms with Gasteiger partial charge in [-0.3, -0.25) is 9.59 Å². The second-order valence-electron chi connectivity index (χ2n) is 8.54. The summed E-state index contributed by atoms with van der Waals surface area (Å²) in [6, 6.07) is 25.2. The second-order valence-corrected chi connectivity index (χ2v) is 10.9. The Morgan fingerprint density at radius 2 is 1.59 bits per heavy atom. The number of carbonyl (C=O) groups is 2. The molecule has 3 aromatic carbocycles. The topological polar surface area (TPSA) is 121 Å². The van der Waals surface area contributed by atoms with Crippen molar-refractivity contribution in [3.63, 3.8) is 0 Å². The Morgan fingerprint density at radius 1 is 0.897 bits per heavy atom. The van der Waals surface area contributed by atoms with Crippen molar-refractivity contribution in [2.24, 2.45) is 5.10 Å². The highest BCUT2D eigenvalue weighted by Crippen LogP contribution is 2.23. The number of rotatable bonds is 9. The number of hydrogen-bond acceptors (Lipinski definition) is 6. The molecule has 0 aliphatic carbocycles. The van der Waals surface area contributed by atoms with Gasteiger partial charge in [-0.25, -0.2) is 13.8 Å². The third kappa shape index (κ3) is 7.64. The van der Waals surface area contributed by atoms with E-state index >= 15 is 0 Å². The number of benzene rings is 3. The monoisotopic (exact) mass is 564 g/mol. The molecule has 0 atom stereocenters. The van der Waals surface area contributed by atoms with E-state index in [1.807, 2.05) is 6.92 Å². The fourth-order valence-electron chi connectivity index (χ4n) is 3.52. The van der Waals surface area contributed by atoms with E-state index in [0.717, 1.165) is 11.1 Å². The molecule has 1 heterocycles. The van der Waals surface area contributed by atoms with Gasteiger partial charge >= 0.3 is 11.8 Å². The summed E-state index contributed by atoms with van der Waals surface area (Å²) in [5.74, 6) is -1.22. The molecule has 0 aliphatic rings. The molecule has 0 saturated heterocycles. The predicted molar refractivity (Wildman–Crippen MR) is 149 cm³/mol. The summed E-state index contributed by atoms with van der Waals surface area (Å²) in [4.78, 5) is 24.1. The van der Waals surface area contributed by atoms with E-state index in [1.165, 1.54) is 10.5 Å². The third-order valence-corrected chi connectivity index (χ3v) is 7.60. The van der Waals surface area contributed by atoms with E-state index in [0.29, 0.717) is 16.5 Å². The largest absolute Gasteiger partial charge is 0.459 e. The van der Waals surface area contributed by atoms with Crippen LogP contribution in [0.3, 0.4) is 0 Å². The van der Waals surface area contributed by atoms with Crippen LogP contribution in [0.5, 0.6) is 0 Å². The first-order valence-electron chi connectivity index (χ1n) is 11.8. The van der Waals surface area contributed by atoms with Gasteiger partial charge in [0.15, 0.2) is 0 Å². The summed E-state index contributed by atoms with van der Waals surface area (Å²) >= 11 is 5.99. The zero-order chi connectivity index (χ0) is 27.8. The molecule has 4 aromatic rings. The summed E-state index contributed by atoms with van der Waals surface area (Å²) in [5, 5.41) is 6.75. The van der Waals surface area contributed by atoms with Crippen molar-refractivity contribution in [3.8, 4) is 0 Å². The molecule has 4 rings (SSSR count). The smallest absolute Gasteiger partial charge is 0.329 e. The van der Waals surface area contributed by atoms with Gasteiger partial charge in [0.1, 0.15) is 11.5 Å². The molecule has 0 spiro atoms. The first-order valence-corrected chi connectivity index (χ1v) is 13.6. The molecule has 11 heteroatoms. The van der Waals surface area contributed by atoms with Crippen molar-refractivity contribution in [3.05, 3.63) is 119 Å². The molecule has 0 unspecified atom stereocenters. The summed E-state index contributed by atoms with van der Waals surface area (Å²) in [7, 11) is -3.87. The highest BCUT2D eigenvalue weighted by atomic mass is 35.5. The van der Waals surface area contributed by atoms with Gasteiger partial charge in [-0.15, -0.1) is 0 Å². The van der Waals surface area contributed by atoms with E-state index in [4.69, 9.17) is 16.0 Å². The van der Waals surface area contributed by atoms with Crippen LogP contribution in [0.25, 0.3) is 0 Å². The van der Waals surface area contributed by atoms with E-state index in [1.54, 1.807) is 91.0 Å². The number of aryl methyl sites for hydroxylation is 1. The zero-order valence-electron chi connectivity index (χ0n) is 20.9. The van der Waals surface area contributed by atoms with Crippen LogP contribution in [-0.4, -0.2) is 30.8 Å². The number of para-hydroxylation sites is 1. The van der Waals surface area contributed by atoms with Crippen LogP contribution < -0.4 is 10.7 Å². The Kier molecular flexibility index (Phi) is 8.92. The number of nitrogens with one attached hydrogen (secondary N) is 2. The predicted octanol–water partition coefficient (Wildman–Crippen LogP) is 4.72. The second kappa shape index (κ2) is 12.5. The summed E-state index contributed by atoms with van der Waals surface area (Å²) < 4.78 is 34.1. The van der Waals surface area contributed by atoms with Crippen molar-refractivity contribution in [2.75, 3.05) is 5.32 Å². The Morgan fingerprint density at radius 3 is 2.28 bits per heavy atom. The highest BCUT2D eigenvalue weighted by Gasteiger charge is 2.26. The first kappa shape index (κ1) is 27.8. The molecule has 0 bridgehead atoms. The minimum Gasteiger partial charge on any atom is -0.459 e. The molecule has 2 amide bonds. The number of sulfonamides is 1. The molecular formula is C28H25ClN4O5S. The average Bonchev–Trinajstić information content (AvgIpc) is 3.37. The van der Waals surface area contributed by atoms with Crippen molar-refractivity contribution in [1.29, 1.82) is 0 Å². The molecule has 0 fully saturated rings. The lowest BCUT2D eigenvalue weighted by atomic mass is 10.2.